The second-order valence-corrected chi connectivity index (χ2v) is 2.65. The normalized spacial score (nSPS) is 10.3. The highest BCUT2D eigenvalue weighted by Gasteiger charge is 2.03. The van der Waals surface area contributed by atoms with Gasteiger partial charge in [-0.3, -0.25) is 9.59 Å². The van der Waals surface area contributed by atoms with E-state index in [1.165, 1.54) is 6.92 Å². The van der Waals surface area contributed by atoms with Crippen LogP contribution < -0.4 is 10.6 Å². The average Bonchev–Trinajstić information content (AvgIpc) is 2.25. The third kappa shape index (κ3) is 12.6. The lowest BCUT2D eigenvalue weighted by atomic mass is 10.2. The molecule has 0 aliphatic carbocycles. The van der Waals surface area contributed by atoms with Crippen LogP contribution in [0.1, 0.15) is 33.6 Å². The molecule has 0 aliphatic rings. The van der Waals surface area contributed by atoms with Gasteiger partial charge in [-0.25, -0.2) is 0 Å². The van der Waals surface area contributed by atoms with E-state index in [9.17, 15) is 14.4 Å². The fourth-order valence-corrected chi connectivity index (χ4v) is 0.864. The van der Waals surface area contributed by atoms with Crippen molar-refractivity contribution in [2.24, 2.45) is 0 Å². The largest absolute Gasteiger partial charge is 0.356 e. The standard InChI is InChI=1S/C8H14N2O3.C2H6/c1-7(13)9-4-2-3-8(5-11)10-6-12;1-2/h5-6,8H,2-4H2,1H3,(H,9,13)(H,10,12);1-2H3. The van der Waals surface area contributed by atoms with Gasteiger partial charge < -0.3 is 15.4 Å². The van der Waals surface area contributed by atoms with Crippen molar-refractivity contribution >= 4 is 18.6 Å². The van der Waals surface area contributed by atoms with Crippen LogP contribution in [-0.2, 0) is 14.4 Å². The van der Waals surface area contributed by atoms with Gasteiger partial charge in [0.15, 0.2) is 0 Å². The fourth-order valence-electron chi connectivity index (χ4n) is 0.864. The van der Waals surface area contributed by atoms with Crippen molar-refractivity contribution in [2.75, 3.05) is 6.54 Å². The Bertz CT molecular complexity index is 184. The highest BCUT2D eigenvalue weighted by Crippen LogP contribution is 1.92. The van der Waals surface area contributed by atoms with E-state index in [2.05, 4.69) is 10.6 Å². The van der Waals surface area contributed by atoms with E-state index in [1.54, 1.807) is 0 Å². The molecule has 5 nitrogen and oxygen atoms in total. The third-order valence-electron chi connectivity index (χ3n) is 1.51. The van der Waals surface area contributed by atoms with Crippen molar-refractivity contribution in [2.45, 2.75) is 39.7 Å². The lowest BCUT2D eigenvalue weighted by Gasteiger charge is -2.08. The summed E-state index contributed by atoms with van der Waals surface area (Å²) in [7, 11) is 0. The SMILES string of the molecule is CC.CC(=O)NCCCC(C=O)NC=O. The molecule has 0 aromatic rings. The number of hydrogen-bond acceptors (Lipinski definition) is 3. The number of nitrogens with one attached hydrogen (secondary N) is 2. The fraction of sp³-hybridized carbons (Fsp3) is 0.700. The van der Waals surface area contributed by atoms with E-state index < -0.39 is 6.04 Å². The third-order valence-corrected chi connectivity index (χ3v) is 1.51. The van der Waals surface area contributed by atoms with E-state index in [0.29, 0.717) is 32.1 Å². The Kier molecular flexibility index (Phi) is 13.5. The molecule has 15 heavy (non-hydrogen) atoms. The van der Waals surface area contributed by atoms with E-state index in [1.807, 2.05) is 13.8 Å². The maximum atomic E-state index is 10.4. The van der Waals surface area contributed by atoms with Crippen molar-refractivity contribution in [1.29, 1.82) is 0 Å². The summed E-state index contributed by atoms with van der Waals surface area (Å²) in [5.41, 5.74) is 0. The van der Waals surface area contributed by atoms with Crippen LogP contribution >= 0.6 is 0 Å². The van der Waals surface area contributed by atoms with E-state index in [-0.39, 0.29) is 5.91 Å². The molecule has 0 saturated carbocycles. The number of rotatable bonds is 7. The first kappa shape index (κ1) is 16.1. The number of hydrogen-bond donors (Lipinski definition) is 2. The zero-order valence-corrected chi connectivity index (χ0v) is 9.58. The van der Waals surface area contributed by atoms with Crippen LogP contribution in [0.25, 0.3) is 0 Å². The lowest BCUT2D eigenvalue weighted by molar-refractivity contribution is -0.119. The smallest absolute Gasteiger partial charge is 0.216 e. The minimum absolute atomic E-state index is 0.0917. The first-order chi connectivity index (χ1) is 7.20. The Hall–Kier alpha value is -1.39. The molecule has 0 aliphatic heterocycles. The van der Waals surface area contributed by atoms with Gasteiger partial charge in [0, 0.05) is 13.5 Å². The average molecular weight is 216 g/mol. The molecule has 0 bridgehead atoms. The number of aldehydes is 1. The highest BCUT2D eigenvalue weighted by molar-refractivity contribution is 5.72. The van der Waals surface area contributed by atoms with Crippen LogP contribution in [0, 0.1) is 0 Å². The van der Waals surface area contributed by atoms with Gasteiger partial charge >= 0.3 is 0 Å². The molecule has 0 rings (SSSR count). The molecule has 0 saturated heterocycles. The molecule has 0 radical (unpaired) electrons. The molecule has 0 aromatic heterocycles. The van der Waals surface area contributed by atoms with Crippen molar-refractivity contribution in [3.05, 3.63) is 0 Å². The summed E-state index contributed by atoms with van der Waals surface area (Å²) in [6, 6.07) is -0.439. The van der Waals surface area contributed by atoms with Gasteiger partial charge in [0.25, 0.3) is 0 Å². The Balaban J connectivity index is 0. The number of carbonyl (C=O) groups excluding carboxylic acids is 3. The summed E-state index contributed by atoms with van der Waals surface area (Å²) in [5.74, 6) is -0.0917. The summed E-state index contributed by atoms with van der Waals surface area (Å²) < 4.78 is 0. The van der Waals surface area contributed by atoms with Crippen LogP contribution in [0.5, 0.6) is 0 Å². The molecule has 0 fully saturated rings. The van der Waals surface area contributed by atoms with Gasteiger partial charge in [-0.15, -0.1) is 0 Å². The van der Waals surface area contributed by atoms with Gasteiger partial charge in [0.2, 0.25) is 12.3 Å². The molecule has 88 valence electrons. The summed E-state index contributed by atoms with van der Waals surface area (Å²) in [5, 5.41) is 4.96. The monoisotopic (exact) mass is 216 g/mol. The van der Waals surface area contributed by atoms with E-state index in [0.717, 1.165) is 0 Å². The van der Waals surface area contributed by atoms with Crippen molar-refractivity contribution < 1.29 is 14.4 Å². The highest BCUT2D eigenvalue weighted by atomic mass is 16.1. The summed E-state index contributed by atoms with van der Waals surface area (Å²) in [6.07, 6.45) is 2.39. The molecule has 2 amide bonds. The number of amides is 2. The minimum atomic E-state index is -0.439. The van der Waals surface area contributed by atoms with Gasteiger partial charge in [0.05, 0.1) is 6.04 Å². The molecule has 5 heteroatoms. The van der Waals surface area contributed by atoms with E-state index in [4.69, 9.17) is 0 Å². The minimum Gasteiger partial charge on any atom is -0.356 e. The second kappa shape index (κ2) is 12.6. The van der Waals surface area contributed by atoms with Gasteiger partial charge in [0.1, 0.15) is 6.29 Å². The molecule has 1 atom stereocenters. The Morgan fingerprint density at radius 3 is 2.33 bits per heavy atom. The van der Waals surface area contributed by atoms with Crippen molar-refractivity contribution in [3.8, 4) is 0 Å². The Morgan fingerprint density at radius 1 is 1.33 bits per heavy atom. The topological polar surface area (TPSA) is 75.3 Å². The van der Waals surface area contributed by atoms with Crippen molar-refractivity contribution in [1.82, 2.24) is 10.6 Å². The summed E-state index contributed by atoms with van der Waals surface area (Å²) >= 11 is 0. The predicted molar refractivity (Wildman–Crippen MR) is 58.3 cm³/mol. The first-order valence-electron chi connectivity index (χ1n) is 5.10. The van der Waals surface area contributed by atoms with Gasteiger partial charge in [-0.1, -0.05) is 13.8 Å². The quantitative estimate of drug-likeness (QED) is 0.473. The molecule has 1 unspecified atom stereocenters. The van der Waals surface area contributed by atoms with E-state index >= 15 is 0 Å². The Morgan fingerprint density at radius 2 is 1.93 bits per heavy atom. The zero-order valence-electron chi connectivity index (χ0n) is 9.58. The molecule has 0 heterocycles. The molecular weight excluding hydrogens is 196 g/mol. The second-order valence-electron chi connectivity index (χ2n) is 2.65. The van der Waals surface area contributed by atoms with Crippen LogP contribution in [0.15, 0.2) is 0 Å². The zero-order chi connectivity index (χ0) is 12.1. The molecule has 0 spiro atoms. The van der Waals surface area contributed by atoms with Gasteiger partial charge in [-0.2, -0.15) is 0 Å². The van der Waals surface area contributed by atoms with Crippen LogP contribution in [-0.4, -0.2) is 31.2 Å². The predicted octanol–water partition coefficient (Wildman–Crippen LogP) is 0.242. The summed E-state index contributed by atoms with van der Waals surface area (Å²) in [6.45, 7) is 5.96. The summed E-state index contributed by atoms with van der Waals surface area (Å²) in [4.78, 5) is 30.7. The lowest BCUT2D eigenvalue weighted by Crippen LogP contribution is -2.30. The molecule has 0 aromatic carbocycles. The van der Waals surface area contributed by atoms with Gasteiger partial charge in [-0.05, 0) is 12.8 Å². The van der Waals surface area contributed by atoms with Crippen molar-refractivity contribution in [3.63, 3.8) is 0 Å². The van der Waals surface area contributed by atoms with Crippen LogP contribution in [0.2, 0.25) is 0 Å². The molecule has 2 N–H and O–H groups in total. The van der Waals surface area contributed by atoms with Crippen LogP contribution in [0.4, 0.5) is 0 Å². The molecular formula is C10H20N2O3. The van der Waals surface area contributed by atoms with Crippen LogP contribution in [0.3, 0.4) is 0 Å². The number of carbonyl (C=O) groups is 3. The first-order valence-corrected chi connectivity index (χ1v) is 5.10. The maximum absolute atomic E-state index is 10.4. The maximum Gasteiger partial charge on any atom is 0.216 e. The Labute approximate surface area is 90.6 Å².